The lowest BCUT2D eigenvalue weighted by Crippen LogP contribution is -2.49. The molecule has 0 aliphatic carbocycles. The fourth-order valence-electron chi connectivity index (χ4n) is 3.30. The van der Waals surface area contributed by atoms with Crippen molar-refractivity contribution < 1.29 is 9.21 Å². The van der Waals surface area contributed by atoms with E-state index in [1.165, 1.54) is 0 Å². The molecule has 1 aromatic heterocycles. The number of urea groups is 1. The molecule has 0 spiro atoms. The molecule has 0 atom stereocenters. The number of amides is 2. The van der Waals surface area contributed by atoms with Crippen molar-refractivity contribution in [3.05, 3.63) is 71.1 Å². The predicted molar refractivity (Wildman–Crippen MR) is 114 cm³/mol. The van der Waals surface area contributed by atoms with E-state index in [1.54, 1.807) is 12.3 Å². The molecule has 0 radical (unpaired) electrons. The standard InChI is InChI=1S/C22H23ClN4O2/c1-16-7-8-18(13-20(16)23)25-22(28)27-11-9-26(10-12-27)14-19-15-29-21(24-19)17-5-3-2-4-6-17/h2-8,13,15H,9-12,14H2,1H3,(H,25,28). The number of hydrogen-bond donors (Lipinski definition) is 1. The number of carbonyl (C=O) groups is 1. The van der Waals surface area contributed by atoms with Crippen LogP contribution in [0.1, 0.15) is 11.3 Å². The highest BCUT2D eigenvalue weighted by molar-refractivity contribution is 6.31. The molecule has 1 fully saturated rings. The van der Waals surface area contributed by atoms with Gasteiger partial charge in [0, 0.05) is 49.0 Å². The maximum Gasteiger partial charge on any atom is 0.321 e. The lowest BCUT2D eigenvalue weighted by Gasteiger charge is -2.34. The van der Waals surface area contributed by atoms with E-state index in [0.717, 1.165) is 29.9 Å². The molecule has 29 heavy (non-hydrogen) atoms. The quantitative estimate of drug-likeness (QED) is 0.679. The third-order valence-electron chi connectivity index (χ3n) is 5.04. The van der Waals surface area contributed by atoms with E-state index in [2.05, 4.69) is 15.2 Å². The topological polar surface area (TPSA) is 61.6 Å². The summed E-state index contributed by atoms with van der Waals surface area (Å²) < 4.78 is 5.61. The van der Waals surface area contributed by atoms with Crippen molar-refractivity contribution >= 4 is 23.3 Å². The smallest absolute Gasteiger partial charge is 0.321 e. The van der Waals surface area contributed by atoms with Crippen LogP contribution in [0.4, 0.5) is 10.5 Å². The number of anilines is 1. The maximum atomic E-state index is 12.5. The highest BCUT2D eigenvalue weighted by Crippen LogP contribution is 2.21. The Morgan fingerprint density at radius 1 is 1.14 bits per heavy atom. The fraction of sp³-hybridized carbons (Fsp3) is 0.273. The second-order valence-electron chi connectivity index (χ2n) is 7.17. The van der Waals surface area contributed by atoms with Crippen LogP contribution < -0.4 is 5.32 Å². The van der Waals surface area contributed by atoms with Crippen LogP contribution >= 0.6 is 11.6 Å². The Morgan fingerprint density at radius 3 is 2.62 bits per heavy atom. The van der Waals surface area contributed by atoms with Gasteiger partial charge in [0.1, 0.15) is 6.26 Å². The predicted octanol–water partition coefficient (Wildman–Crippen LogP) is 4.65. The molecule has 2 heterocycles. The summed E-state index contributed by atoms with van der Waals surface area (Å²) in [7, 11) is 0. The largest absolute Gasteiger partial charge is 0.444 e. The molecule has 0 bridgehead atoms. The van der Waals surface area contributed by atoms with Gasteiger partial charge in [0.25, 0.3) is 0 Å². The molecule has 1 aliphatic rings. The Kier molecular flexibility index (Phi) is 5.83. The molecule has 0 saturated carbocycles. The number of nitrogens with one attached hydrogen (secondary N) is 1. The van der Waals surface area contributed by atoms with Crippen LogP contribution in [0.15, 0.2) is 59.2 Å². The molecule has 4 rings (SSSR count). The number of hydrogen-bond acceptors (Lipinski definition) is 4. The molecule has 7 heteroatoms. The number of aryl methyl sites for hydroxylation is 1. The molecule has 0 unspecified atom stereocenters. The zero-order chi connectivity index (χ0) is 20.2. The molecular formula is C22H23ClN4O2. The number of piperazine rings is 1. The summed E-state index contributed by atoms with van der Waals surface area (Å²) in [6.07, 6.45) is 1.71. The summed E-state index contributed by atoms with van der Waals surface area (Å²) in [6, 6.07) is 15.3. The van der Waals surface area contributed by atoms with E-state index >= 15 is 0 Å². The van der Waals surface area contributed by atoms with Crippen molar-refractivity contribution in [2.45, 2.75) is 13.5 Å². The van der Waals surface area contributed by atoms with E-state index in [0.29, 0.717) is 36.2 Å². The van der Waals surface area contributed by atoms with Crippen molar-refractivity contribution in [2.75, 3.05) is 31.5 Å². The molecule has 1 aliphatic heterocycles. The lowest BCUT2D eigenvalue weighted by molar-refractivity contribution is 0.142. The first kappa shape index (κ1) is 19.5. The van der Waals surface area contributed by atoms with Gasteiger partial charge in [0.05, 0.1) is 5.69 Å². The molecule has 2 aromatic carbocycles. The van der Waals surface area contributed by atoms with E-state index in [4.69, 9.17) is 16.0 Å². The van der Waals surface area contributed by atoms with E-state index in [9.17, 15) is 4.79 Å². The van der Waals surface area contributed by atoms with Crippen molar-refractivity contribution in [1.29, 1.82) is 0 Å². The summed E-state index contributed by atoms with van der Waals surface area (Å²) in [5, 5.41) is 3.57. The van der Waals surface area contributed by atoms with Crippen LogP contribution in [-0.2, 0) is 6.54 Å². The number of oxazole rings is 1. The Bertz CT molecular complexity index is 981. The molecular weight excluding hydrogens is 388 g/mol. The van der Waals surface area contributed by atoms with Gasteiger partial charge in [-0.3, -0.25) is 4.90 Å². The second-order valence-corrected chi connectivity index (χ2v) is 7.57. The van der Waals surface area contributed by atoms with Gasteiger partial charge in [0.15, 0.2) is 0 Å². The average Bonchev–Trinajstić information content (AvgIpc) is 3.20. The molecule has 150 valence electrons. The summed E-state index contributed by atoms with van der Waals surface area (Å²) >= 11 is 6.13. The number of aromatic nitrogens is 1. The Balaban J connectivity index is 1.29. The zero-order valence-electron chi connectivity index (χ0n) is 16.3. The molecule has 6 nitrogen and oxygen atoms in total. The van der Waals surface area contributed by atoms with Crippen LogP contribution in [0, 0.1) is 6.92 Å². The molecule has 1 N–H and O–H groups in total. The van der Waals surface area contributed by atoms with Gasteiger partial charge < -0.3 is 14.6 Å². The Labute approximate surface area is 175 Å². The highest BCUT2D eigenvalue weighted by Gasteiger charge is 2.22. The first-order valence-corrected chi connectivity index (χ1v) is 10.0. The second kappa shape index (κ2) is 8.68. The van der Waals surface area contributed by atoms with Crippen LogP contribution in [0.3, 0.4) is 0 Å². The van der Waals surface area contributed by atoms with Gasteiger partial charge in [-0.25, -0.2) is 9.78 Å². The van der Waals surface area contributed by atoms with Gasteiger partial charge >= 0.3 is 6.03 Å². The van der Waals surface area contributed by atoms with E-state index < -0.39 is 0 Å². The molecule has 2 amide bonds. The zero-order valence-corrected chi connectivity index (χ0v) is 17.0. The minimum atomic E-state index is -0.0997. The minimum absolute atomic E-state index is 0.0997. The van der Waals surface area contributed by atoms with Crippen molar-refractivity contribution in [1.82, 2.24) is 14.8 Å². The summed E-state index contributed by atoms with van der Waals surface area (Å²) in [4.78, 5) is 21.2. The monoisotopic (exact) mass is 410 g/mol. The summed E-state index contributed by atoms with van der Waals surface area (Å²) in [5.41, 5.74) is 3.57. The van der Waals surface area contributed by atoms with Crippen molar-refractivity contribution in [2.24, 2.45) is 0 Å². The maximum absolute atomic E-state index is 12.5. The van der Waals surface area contributed by atoms with Crippen LogP contribution in [0.5, 0.6) is 0 Å². The third kappa shape index (κ3) is 4.78. The number of benzene rings is 2. The van der Waals surface area contributed by atoms with Crippen LogP contribution in [-0.4, -0.2) is 47.0 Å². The van der Waals surface area contributed by atoms with E-state index in [-0.39, 0.29) is 6.03 Å². The molecule has 3 aromatic rings. The first-order chi connectivity index (χ1) is 14.1. The average molecular weight is 411 g/mol. The Morgan fingerprint density at radius 2 is 1.90 bits per heavy atom. The summed E-state index contributed by atoms with van der Waals surface area (Å²) in [6.45, 7) is 5.54. The van der Waals surface area contributed by atoms with Gasteiger partial charge in [-0.2, -0.15) is 0 Å². The number of carbonyl (C=O) groups excluding carboxylic acids is 1. The van der Waals surface area contributed by atoms with Gasteiger partial charge in [0.2, 0.25) is 5.89 Å². The van der Waals surface area contributed by atoms with Gasteiger partial charge in [-0.15, -0.1) is 0 Å². The lowest BCUT2D eigenvalue weighted by atomic mass is 10.2. The van der Waals surface area contributed by atoms with E-state index in [1.807, 2.05) is 54.3 Å². The number of halogens is 1. The normalized spacial score (nSPS) is 14.8. The molecule has 1 saturated heterocycles. The Hall–Kier alpha value is -2.83. The van der Waals surface area contributed by atoms with Crippen LogP contribution in [0.25, 0.3) is 11.5 Å². The highest BCUT2D eigenvalue weighted by atomic mass is 35.5. The van der Waals surface area contributed by atoms with Crippen molar-refractivity contribution in [3.63, 3.8) is 0 Å². The van der Waals surface area contributed by atoms with Crippen molar-refractivity contribution in [3.8, 4) is 11.5 Å². The minimum Gasteiger partial charge on any atom is -0.444 e. The summed E-state index contributed by atoms with van der Waals surface area (Å²) in [5.74, 6) is 0.635. The number of rotatable bonds is 4. The van der Waals surface area contributed by atoms with Gasteiger partial charge in [-0.05, 0) is 36.8 Å². The SMILES string of the molecule is Cc1ccc(NC(=O)N2CCN(Cc3coc(-c4ccccc4)n3)CC2)cc1Cl. The fourth-order valence-corrected chi connectivity index (χ4v) is 3.48. The third-order valence-corrected chi connectivity index (χ3v) is 5.45. The number of nitrogens with zero attached hydrogens (tertiary/aromatic N) is 3. The van der Waals surface area contributed by atoms with Gasteiger partial charge in [-0.1, -0.05) is 35.9 Å². The van der Waals surface area contributed by atoms with Crippen LogP contribution in [0.2, 0.25) is 5.02 Å². The first-order valence-electron chi connectivity index (χ1n) is 9.63.